The molecule has 1 aromatic carbocycles. The van der Waals surface area contributed by atoms with Crippen LogP contribution >= 0.6 is 0 Å². The van der Waals surface area contributed by atoms with Gasteiger partial charge in [-0.15, -0.1) is 0 Å². The van der Waals surface area contributed by atoms with E-state index in [4.69, 9.17) is 0 Å². The SMILES string of the molecule is Cc1c(CO)cccc1S(=O)(=O)NC1CCC(C)CC1C. The van der Waals surface area contributed by atoms with E-state index >= 15 is 0 Å². The Morgan fingerprint density at radius 3 is 2.62 bits per heavy atom. The van der Waals surface area contributed by atoms with Crippen molar-refractivity contribution in [2.45, 2.75) is 57.6 Å². The van der Waals surface area contributed by atoms with E-state index in [0.717, 1.165) is 19.3 Å². The molecule has 0 bridgehead atoms. The maximum absolute atomic E-state index is 12.6. The molecule has 5 heteroatoms. The largest absolute Gasteiger partial charge is 0.392 e. The van der Waals surface area contributed by atoms with Gasteiger partial charge in [-0.05, 0) is 55.2 Å². The third-order valence-electron chi connectivity index (χ3n) is 4.59. The first-order valence-electron chi connectivity index (χ1n) is 7.57. The van der Waals surface area contributed by atoms with Crippen LogP contribution in [0.25, 0.3) is 0 Å². The number of aliphatic hydroxyl groups is 1. The van der Waals surface area contributed by atoms with Crippen LogP contribution in [-0.4, -0.2) is 19.6 Å². The van der Waals surface area contributed by atoms with E-state index < -0.39 is 10.0 Å². The van der Waals surface area contributed by atoms with Crippen LogP contribution in [0.15, 0.2) is 23.1 Å². The molecule has 0 amide bonds. The lowest BCUT2D eigenvalue weighted by atomic mass is 9.80. The number of aliphatic hydroxyl groups excluding tert-OH is 1. The van der Waals surface area contributed by atoms with E-state index in [2.05, 4.69) is 18.6 Å². The summed E-state index contributed by atoms with van der Waals surface area (Å²) < 4.78 is 28.1. The fourth-order valence-corrected chi connectivity index (χ4v) is 4.89. The Morgan fingerprint density at radius 1 is 1.29 bits per heavy atom. The molecule has 4 nitrogen and oxygen atoms in total. The van der Waals surface area contributed by atoms with Gasteiger partial charge in [0.05, 0.1) is 11.5 Å². The quantitative estimate of drug-likeness (QED) is 0.898. The summed E-state index contributed by atoms with van der Waals surface area (Å²) in [5.41, 5.74) is 1.28. The molecule has 21 heavy (non-hydrogen) atoms. The molecule has 1 aliphatic rings. The molecule has 1 aromatic rings. The lowest BCUT2D eigenvalue weighted by Gasteiger charge is -2.33. The highest BCUT2D eigenvalue weighted by Gasteiger charge is 2.30. The maximum Gasteiger partial charge on any atom is 0.241 e. The van der Waals surface area contributed by atoms with Crippen LogP contribution in [0.5, 0.6) is 0 Å². The van der Waals surface area contributed by atoms with Crippen LogP contribution in [0.2, 0.25) is 0 Å². The molecule has 1 saturated carbocycles. The smallest absolute Gasteiger partial charge is 0.241 e. The Labute approximate surface area is 127 Å². The molecule has 0 spiro atoms. The molecular formula is C16H25NO3S. The summed E-state index contributed by atoms with van der Waals surface area (Å²) in [6.45, 7) is 5.93. The minimum Gasteiger partial charge on any atom is -0.392 e. The highest BCUT2D eigenvalue weighted by molar-refractivity contribution is 7.89. The number of hydrogen-bond donors (Lipinski definition) is 2. The molecule has 0 aliphatic heterocycles. The standard InChI is InChI=1S/C16H25NO3S/c1-11-7-8-15(12(2)9-11)17-21(19,20)16-6-4-5-14(10-18)13(16)3/h4-6,11-12,15,17-18H,7-10H2,1-3H3. The summed E-state index contributed by atoms with van der Waals surface area (Å²) >= 11 is 0. The van der Waals surface area contributed by atoms with Crippen molar-refractivity contribution in [1.29, 1.82) is 0 Å². The Balaban J connectivity index is 2.23. The molecule has 1 aliphatic carbocycles. The molecule has 0 heterocycles. The topological polar surface area (TPSA) is 66.4 Å². The first-order chi connectivity index (χ1) is 9.85. The van der Waals surface area contributed by atoms with Gasteiger partial charge in [0.2, 0.25) is 10.0 Å². The predicted molar refractivity (Wildman–Crippen MR) is 83.4 cm³/mol. The normalized spacial score (nSPS) is 26.8. The average Bonchev–Trinajstić information content (AvgIpc) is 2.42. The predicted octanol–water partition coefficient (Wildman–Crippen LogP) is 2.59. The maximum atomic E-state index is 12.6. The average molecular weight is 311 g/mol. The molecule has 2 N–H and O–H groups in total. The van der Waals surface area contributed by atoms with Gasteiger partial charge >= 0.3 is 0 Å². The zero-order valence-corrected chi connectivity index (χ0v) is 13.8. The first kappa shape index (κ1) is 16.5. The second-order valence-corrected chi connectivity index (χ2v) is 8.00. The van der Waals surface area contributed by atoms with Crippen molar-refractivity contribution in [2.75, 3.05) is 0 Å². The van der Waals surface area contributed by atoms with Crippen molar-refractivity contribution in [1.82, 2.24) is 4.72 Å². The second-order valence-electron chi connectivity index (χ2n) is 6.32. The summed E-state index contributed by atoms with van der Waals surface area (Å²) in [6, 6.07) is 5.04. The van der Waals surface area contributed by atoms with Gasteiger partial charge in [-0.2, -0.15) is 0 Å². The molecule has 3 unspecified atom stereocenters. The Hall–Kier alpha value is -0.910. The van der Waals surface area contributed by atoms with Gasteiger partial charge in [-0.1, -0.05) is 26.0 Å². The van der Waals surface area contributed by atoms with Crippen LogP contribution in [-0.2, 0) is 16.6 Å². The molecule has 3 atom stereocenters. The fraction of sp³-hybridized carbons (Fsp3) is 0.625. The lowest BCUT2D eigenvalue weighted by molar-refractivity contribution is 0.249. The lowest BCUT2D eigenvalue weighted by Crippen LogP contribution is -2.42. The van der Waals surface area contributed by atoms with Crippen molar-refractivity contribution in [3.05, 3.63) is 29.3 Å². The van der Waals surface area contributed by atoms with E-state index in [1.165, 1.54) is 0 Å². The Bertz CT molecular complexity index is 598. The van der Waals surface area contributed by atoms with Crippen molar-refractivity contribution >= 4 is 10.0 Å². The second kappa shape index (κ2) is 6.46. The van der Waals surface area contributed by atoms with Gasteiger partial charge < -0.3 is 5.11 Å². The first-order valence-corrected chi connectivity index (χ1v) is 9.05. The summed E-state index contributed by atoms with van der Waals surface area (Å²) in [6.07, 6.45) is 3.01. The van der Waals surface area contributed by atoms with Crippen LogP contribution in [0, 0.1) is 18.8 Å². The number of nitrogens with one attached hydrogen (secondary N) is 1. The van der Waals surface area contributed by atoms with Gasteiger partial charge in [-0.25, -0.2) is 13.1 Å². The zero-order chi connectivity index (χ0) is 15.6. The minimum absolute atomic E-state index is 0.00313. The van der Waals surface area contributed by atoms with Gasteiger partial charge in [-0.3, -0.25) is 0 Å². The molecule has 0 saturated heterocycles. The van der Waals surface area contributed by atoms with E-state index in [9.17, 15) is 13.5 Å². The molecule has 2 rings (SSSR count). The summed E-state index contributed by atoms with van der Waals surface area (Å²) in [5.74, 6) is 1.02. The third-order valence-corrected chi connectivity index (χ3v) is 6.23. The van der Waals surface area contributed by atoms with E-state index in [0.29, 0.717) is 23.0 Å². The minimum atomic E-state index is -3.53. The molecule has 0 aromatic heterocycles. The third kappa shape index (κ3) is 3.65. The Kier molecular flexibility index (Phi) is 5.07. The van der Waals surface area contributed by atoms with Crippen LogP contribution in [0.1, 0.15) is 44.2 Å². The van der Waals surface area contributed by atoms with Crippen LogP contribution < -0.4 is 4.72 Å². The van der Waals surface area contributed by atoms with Crippen LogP contribution in [0.4, 0.5) is 0 Å². The van der Waals surface area contributed by atoms with Crippen molar-refractivity contribution in [3.63, 3.8) is 0 Å². The molecular weight excluding hydrogens is 286 g/mol. The monoisotopic (exact) mass is 311 g/mol. The van der Waals surface area contributed by atoms with Gasteiger partial charge in [0, 0.05) is 6.04 Å². The number of sulfonamides is 1. The van der Waals surface area contributed by atoms with E-state index in [-0.39, 0.29) is 17.5 Å². The van der Waals surface area contributed by atoms with Crippen molar-refractivity contribution in [2.24, 2.45) is 11.8 Å². The summed E-state index contributed by atoms with van der Waals surface area (Å²) in [5, 5.41) is 9.29. The fourth-order valence-electron chi connectivity index (χ4n) is 3.23. The highest BCUT2D eigenvalue weighted by Crippen LogP contribution is 2.30. The molecule has 1 fully saturated rings. The molecule has 118 valence electrons. The van der Waals surface area contributed by atoms with E-state index in [1.54, 1.807) is 25.1 Å². The van der Waals surface area contributed by atoms with Gasteiger partial charge in [0.1, 0.15) is 0 Å². The zero-order valence-electron chi connectivity index (χ0n) is 13.0. The number of benzene rings is 1. The van der Waals surface area contributed by atoms with Crippen molar-refractivity contribution < 1.29 is 13.5 Å². The highest BCUT2D eigenvalue weighted by atomic mass is 32.2. The Morgan fingerprint density at radius 2 is 2.00 bits per heavy atom. The van der Waals surface area contributed by atoms with Crippen molar-refractivity contribution in [3.8, 4) is 0 Å². The van der Waals surface area contributed by atoms with Gasteiger partial charge in [0.25, 0.3) is 0 Å². The number of rotatable bonds is 4. The summed E-state index contributed by atoms with van der Waals surface area (Å²) in [7, 11) is -3.53. The summed E-state index contributed by atoms with van der Waals surface area (Å²) in [4.78, 5) is 0.278. The van der Waals surface area contributed by atoms with E-state index in [1.807, 2.05) is 0 Å². The van der Waals surface area contributed by atoms with Crippen LogP contribution in [0.3, 0.4) is 0 Å². The molecule has 0 radical (unpaired) electrons. The number of hydrogen-bond acceptors (Lipinski definition) is 3. The van der Waals surface area contributed by atoms with Gasteiger partial charge in [0.15, 0.2) is 0 Å².